The summed E-state index contributed by atoms with van der Waals surface area (Å²) < 4.78 is 5.40. The van der Waals surface area contributed by atoms with Crippen LogP contribution in [-0.2, 0) is 0 Å². The maximum absolute atomic E-state index is 10.1. The van der Waals surface area contributed by atoms with Crippen LogP contribution < -0.4 is 10.1 Å². The number of benzene rings is 1. The van der Waals surface area contributed by atoms with E-state index in [2.05, 4.69) is 5.32 Å². The quantitative estimate of drug-likeness (QED) is 0.776. The summed E-state index contributed by atoms with van der Waals surface area (Å²) in [6.07, 6.45) is -0.500. The van der Waals surface area contributed by atoms with Crippen LogP contribution in [0, 0.1) is 0 Å². The molecule has 0 radical (unpaired) electrons. The molecule has 90 valence electrons. The predicted molar refractivity (Wildman–Crippen MR) is 65.7 cm³/mol. The number of aliphatic hydroxyl groups is 1. The number of aliphatic hydroxyl groups excluding tert-OH is 1. The minimum absolute atomic E-state index is 0.0434. The third kappa shape index (κ3) is 3.51. The molecule has 0 saturated heterocycles. The lowest BCUT2D eigenvalue weighted by Gasteiger charge is -2.20. The van der Waals surface area contributed by atoms with Gasteiger partial charge in [-0.15, -0.1) is 0 Å². The Hall–Kier alpha value is -1.06. The van der Waals surface area contributed by atoms with Gasteiger partial charge in [0.1, 0.15) is 5.75 Å². The van der Waals surface area contributed by atoms with Crippen LogP contribution in [-0.4, -0.2) is 24.3 Å². The van der Waals surface area contributed by atoms with Crippen LogP contribution in [0.4, 0.5) is 0 Å². The maximum atomic E-state index is 10.1. The molecule has 1 aromatic carbocycles. The Balaban J connectivity index is 2.74. The van der Waals surface area contributed by atoms with Crippen molar-refractivity contribution in [3.05, 3.63) is 29.8 Å². The highest BCUT2D eigenvalue weighted by Crippen LogP contribution is 2.21. The molecule has 0 bridgehead atoms. The topological polar surface area (TPSA) is 41.5 Å². The molecule has 1 rings (SSSR count). The third-order valence-corrected chi connectivity index (χ3v) is 2.51. The molecule has 0 aliphatic rings. The Morgan fingerprint density at radius 2 is 2.12 bits per heavy atom. The molecule has 3 heteroatoms. The van der Waals surface area contributed by atoms with Crippen LogP contribution in [0.3, 0.4) is 0 Å². The molecule has 0 heterocycles. The van der Waals surface area contributed by atoms with Crippen molar-refractivity contribution in [3.63, 3.8) is 0 Å². The van der Waals surface area contributed by atoms with Crippen LogP contribution >= 0.6 is 0 Å². The van der Waals surface area contributed by atoms with Crippen LogP contribution in [0.15, 0.2) is 24.3 Å². The van der Waals surface area contributed by atoms with E-state index in [-0.39, 0.29) is 6.04 Å². The van der Waals surface area contributed by atoms with Gasteiger partial charge in [-0.1, -0.05) is 19.1 Å². The minimum atomic E-state index is -0.500. The number of rotatable bonds is 6. The molecule has 0 amide bonds. The minimum Gasteiger partial charge on any atom is -0.494 e. The molecule has 0 saturated carbocycles. The Bertz CT molecular complexity index is 315. The molecule has 0 aliphatic carbocycles. The van der Waals surface area contributed by atoms with Crippen molar-refractivity contribution in [2.24, 2.45) is 0 Å². The van der Waals surface area contributed by atoms with E-state index >= 15 is 0 Å². The molecular formula is C13H21NO2. The van der Waals surface area contributed by atoms with E-state index in [1.165, 1.54) is 0 Å². The highest BCUT2D eigenvalue weighted by molar-refractivity contribution is 5.30. The molecule has 1 aromatic rings. The summed E-state index contributed by atoms with van der Waals surface area (Å²) >= 11 is 0. The van der Waals surface area contributed by atoms with Gasteiger partial charge in [-0.05, 0) is 38.1 Å². The first-order valence-corrected chi connectivity index (χ1v) is 5.83. The average Bonchev–Trinajstić information content (AvgIpc) is 2.29. The fourth-order valence-electron chi connectivity index (χ4n) is 1.68. The van der Waals surface area contributed by atoms with Crippen LogP contribution in [0.5, 0.6) is 5.75 Å². The van der Waals surface area contributed by atoms with Gasteiger partial charge in [-0.2, -0.15) is 0 Å². The second-order valence-electron chi connectivity index (χ2n) is 3.80. The fraction of sp³-hybridized carbons (Fsp3) is 0.538. The van der Waals surface area contributed by atoms with Gasteiger partial charge in [-0.3, -0.25) is 0 Å². The van der Waals surface area contributed by atoms with Crippen molar-refractivity contribution in [3.8, 4) is 5.75 Å². The van der Waals surface area contributed by atoms with E-state index in [0.717, 1.165) is 17.9 Å². The smallest absolute Gasteiger partial charge is 0.119 e. The van der Waals surface area contributed by atoms with E-state index in [1.807, 2.05) is 45.0 Å². The van der Waals surface area contributed by atoms with Crippen LogP contribution in [0.2, 0.25) is 0 Å². The van der Waals surface area contributed by atoms with Gasteiger partial charge in [0.25, 0.3) is 0 Å². The zero-order valence-electron chi connectivity index (χ0n) is 10.2. The summed E-state index contributed by atoms with van der Waals surface area (Å²) in [4.78, 5) is 0. The SMILES string of the molecule is CCNC(C)C(O)c1cccc(OCC)c1. The Labute approximate surface area is 97.4 Å². The molecule has 2 N–H and O–H groups in total. The summed E-state index contributed by atoms with van der Waals surface area (Å²) in [5.41, 5.74) is 0.888. The molecule has 3 nitrogen and oxygen atoms in total. The van der Waals surface area contributed by atoms with E-state index in [9.17, 15) is 5.11 Å². The molecule has 16 heavy (non-hydrogen) atoms. The second-order valence-corrected chi connectivity index (χ2v) is 3.80. The largest absolute Gasteiger partial charge is 0.494 e. The lowest BCUT2D eigenvalue weighted by molar-refractivity contribution is 0.136. The lowest BCUT2D eigenvalue weighted by Crippen LogP contribution is -2.31. The molecule has 2 unspecified atom stereocenters. The van der Waals surface area contributed by atoms with Gasteiger partial charge in [0, 0.05) is 6.04 Å². The first kappa shape index (κ1) is 13.0. The third-order valence-electron chi connectivity index (χ3n) is 2.51. The van der Waals surface area contributed by atoms with Crippen molar-refractivity contribution in [1.82, 2.24) is 5.32 Å². The highest BCUT2D eigenvalue weighted by Gasteiger charge is 2.15. The Morgan fingerprint density at radius 3 is 2.75 bits per heavy atom. The van der Waals surface area contributed by atoms with Crippen molar-refractivity contribution < 1.29 is 9.84 Å². The molecular weight excluding hydrogens is 202 g/mol. The summed E-state index contributed by atoms with van der Waals surface area (Å²) in [6.45, 7) is 7.44. The summed E-state index contributed by atoms with van der Waals surface area (Å²) in [5.74, 6) is 0.808. The van der Waals surface area contributed by atoms with Gasteiger partial charge < -0.3 is 15.2 Å². The second kappa shape index (κ2) is 6.51. The van der Waals surface area contributed by atoms with E-state index < -0.39 is 6.10 Å². The van der Waals surface area contributed by atoms with Crippen LogP contribution in [0.25, 0.3) is 0 Å². The normalized spacial score (nSPS) is 14.5. The maximum Gasteiger partial charge on any atom is 0.119 e. The lowest BCUT2D eigenvalue weighted by atomic mass is 10.0. The standard InChI is InChI=1S/C13H21NO2/c1-4-14-10(3)13(15)11-7-6-8-12(9-11)16-5-2/h6-10,13-15H,4-5H2,1-3H3. The van der Waals surface area contributed by atoms with Gasteiger partial charge >= 0.3 is 0 Å². The number of nitrogens with one attached hydrogen (secondary N) is 1. The number of hydrogen-bond acceptors (Lipinski definition) is 3. The summed E-state index contributed by atoms with van der Waals surface area (Å²) in [5, 5.41) is 13.3. The van der Waals surface area contributed by atoms with Crippen molar-refractivity contribution in [2.45, 2.75) is 32.9 Å². The van der Waals surface area contributed by atoms with Crippen molar-refractivity contribution >= 4 is 0 Å². The van der Waals surface area contributed by atoms with Crippen molar-refractivity contribution in [2.75, 3.05) is 13.2 Å². The van der Waals surface area contributed by atoms with Crippen molar-refractivity contribution in [1.29, 1.82) is 0 Å². The number of likely N-dealkylation sites (N-methyl/N-ethyl adjacent to an activating group) is 1. The Kier molecular flexibility index (Phi) is 5.29. The average molecular weight is 223 g/mol. The number of hydrogen-bond donors (Lipinski definition) is 2. The number of ether oxygens (including phenoxy) is 1. The highest BCUT2D eigenvalue weighted by atomic mass is 16.5. The Morgan fingerprint density at radius 1 is 1.38 bits per heavy atom. The summed E-state index contributed by atoms with van der Waals surface area (Å²) in [7, 11) is 0. The first-order chi connectivity index (χ1) is 7.69. The van der Waals surface area contributed by atoms with E-state index in [4.69, 9.17) is 4.74 Å². The van der Waals surface area contributed by atoms with Gasteiger partial charge in [0.05, 0.1) is 12.7 Å². The molecule has 0 spiro atoms. The fourth-order valence-corrected chi connectivity index (χ4v) is 1.68. The van der Waals surface area contributed by atoms with Crippen LogP contribution in [0.1, 0.15) is 32.4 Å². The predicted octanol–water partition coefficient (Wildman–Crippen LogP) is 2.12. The molecule has 2 atom stereocenters. The van der Waals surface area contributed by atoms with Gasteiger partial charge in [0.2, 0.25) is 0 Å². The monoisotopic (exact) mass is 223 g/mol. The molecule has 0 fully saturated rings. The zero-order chi connectivity index (χ0) is 12.0. The van der Waals surface area contributed by atoms with E-state index in [1.54, 1.807) is 0 Å². The molecule has 0 aliphatic heterocycles. The molecule has 0 aromatic heterocycles. The summed E-state index contributed by atoms with van der Waals surface area (Å²) in [6, 6.07) is 7.66. The first-order valence-electron chi connectivity index (χ1n) is 5.83. The zero-order valence-corrected chi connectivity index (χ0v) is 10.2. The van der Waals surface area contributed by atoms with Gasteiger partial charge in [0.15, 0.2) is 0 Å². The van der Waals surface area contributed by atoms with E-state index in [0.29, 0.717) is 6.61 Å². The van der Waals surface area contributed by atoms with Gasteiger partial charge in [-0.25, -0.2) is 0 Å².